The average Bonchev–Trinajstić information content (AvgIpc) is 2.16. The van der Waals surface area contributed by atoms with Crippen LogP contribution in [0.4, 0.5) is 22.0 Å². The van der Waals surface area contributed by atoms with Gasteiger partial charge in [-0.1, -0.05) is 19.1 Å². The Labute approximate surface area is 83.7 Å². The molecule has 15 heavy (non-hydrogen) atoms. The summed E-state index contributed by atoms with van der Waals surface area (Å²) in [5.41, 5.74) is -1.03. The van der Waals surface area contributed by atoms with Gasteiger partial charge in [0.1, 0.15) is 0 Å². The fourth-order valence-corrected chi connectivity index (χ4v) is 1.22. The van der Waals surface area contributed by atoms with Crippen molar-refractivity contribution in [3.63, 3.8) is 0 Å². The molecule has 0 saturated heterocycles. The largest absolute Gasteiger partial charge is 0.458 e. The summed E-state index contributed by atoms with van der Waals surface area (Å²) in [6, 6.07) is 5.45. The SMILES string of the molecule is CCc1cc[c]cc1C(F)(F)C(F)(F)F. The van der Waals surface area contributed by atoms with Gasteiger partial charge in [-0.15, -0.1) is 0 Å². The number of aryl methyl sites for hydroxylation is 1. The summed E-state index contributed by atoms with van der Waals surface area (Å²) in [6.07, 6.45) is -5.44. The van der Waals surface area contributed by atoms with Crippen LogP contribution in [0.3, 0.4) is 0 Å². The molecule has 0 heterocycles. The fourth-order valence-electron chi connectivity index (χ4n) is 1.22. The first-order chi connectivity index (χ1) is 6.80. The van der Waals surface area contributed by atoms with Crippen molar-refractivity contribution in [3.8, 4) is 0 Å². The lowest BCUT2D eigenvalue weighted by molar-refractivity contribution is -0.289. The Hall–Kier alpha value is -1.13. The van der Waals surface area contributed by atoms with Crippen molar-refractivity contribution in [3.05, 3.63) is 35.4 Å². The van der Waals surface area contributed by atoms with E-state index in [2.05, 4.69) is 6.07 Å². The van der Waals surface area contributed by atoms with Crippen LogP contribution in [0.2, 0.25) is 0 Å². The maximum Gasteiger partial charge on any atom is 0.458 e. The molecule has 1 aromatic carbocycles. The summed E-state index contributed by atoms with van der Waals surface area (Å²) in [5, 5.41) is 0. The third-order valence-corrected chi connectivity index (χ3v) is 2.03. The molecule has 1 aromatic rings. The van der Waals surface area contributed by atoms with E-state index in [9.17, 15) is 22.0 Å². The van der Waals surface area contributed by atoms with E-state index in [1.54, 1.807) is 0 Å². The number of alkyl halides is 5. The van der Waals surface area contributed by atoms with Crippen molar-refractivity contribution in [2.75, 3.05) is 0 Å². The molecule has 0 amide bonds. The Morgan fingerprint density at radius 2 is 1.80 bits per heavy atom. The lowest BCUT2D eigenvalue weighted by Crippen LogP contribution is -2.34. The van der Waals surface area contributed by atoms with Crippen molar-refractivity contribution in [1.82, 2.24) is 0 Å². The Morgan fingerprint density at radius 1 is 1.20 bits per heavy atom. The van der Waals surface area contributed by atoms with Crippen LogP contribution in [0.1, 0.15) is 18.1 Å². The van der Waals surface area contributed by atoms with E-state index in [1.807, 2.05) is 0 Å². The predicted molar refractivity (Wildman–Crippen MR) is 44.6 cm³/mol. The molecule has 5 heteroatoms. The lowest BCUT2D eigenvalue weighted by Gasteiger charge is -2.21. The Bertz CT molecular complexity index is 340. The predicted octanol–water partition coefficient (Wildman–Crippen LogP) is 3.70. The first kappa shape index (κ1) is 11.9. The van der Waals surface area contributed by atoms with Crippen LogP contribution in [0.5, 0.6) is 0 Å². The van der Waals surface area contributed by atoms with E-state index in [0.29, 0.717) is 6.07 Å². The molecule has 0 aliphatic rings. The molecule has 83 valence electrons. The van der Waals surface area contributed by atoms with Gasteiger partial charge in [-0.2, -0.15) is 22.0 Å². The van der Waals surface area contributed by atoms with Crippen LogP contribution >= 0.6 is 0 Å². The molecule has 1 radical (unpaired) electrons. The minimum Gasteiger partial charge on any atom is -0.191 e. The van der Waals surface area contributed by atoms with Crippen LogP contribution in [-0.4, -0.2) is 6.18 Å². The van der Waals surface area contributed by atoms with E-state index in [-0.39, 0.29) is 12.0 Å². The zero-order valence-corrected chi connectivity index (χ0v) is 7.83. The van der Waals surface area contributed by atoms with Crippen molar-refractivity contribution in [2.24, 2.45) is 0 Å². The number of benzene rings is 1. The molecule has 0 nitrogen and oxygen atoms in total. The van der Waals surface area contributed by atoms with Gasteiger partial charge in [0.15, 0.2) is 0 Å². The number of hydrogen-bond donors (Lipinski definition) is 0. The molecule has 0 aliphatic carbocycles. The highest BCUT2D eigenvalue weighted by Crippen LogP contribution is 2.44. The van der Waals surface area contributed by atoms with Crippen LogP contribution < -0.4 is 0 Å². The normalized spacial score (nSPS) is 12.9. The molecule has 0 unspecified atom stereocenters. The molecular weight excluding hydrogens is 215 g/mol. The zero-order valence-electron chi connectivity index (χ0n) is 7.83. The molecule has 0 saturated carbocycles. The smallest absolute Gasteiger partial charge is 0.191 e. The van der Waals surface area contributed by atoms with Crippen LogP contribution in [0.25, 0.3) is 0 Å². The van der Waals surface area contributed by atoms with E-state index in [1.165, 1.54) is 19.1 Å². The van der Waals surface area contributed by atoms with E-state index >= 15 is 0 Å². The Kier molecular flexibility index (Phi) is 3.02. The number of halogens is 5. The van der Waals surface area contributed by atoms with Gasteiger partial charge >= 0.3 is 12.1 Å². The molecule has 0 atom stereocenters. The Balaban J connectivity index is 3.26. The second kappa shape index (κ2) is 3.79. The summed E-state index contributed by atoms with van der Waals surface area (Å²) in [6.45, 7) is 1.52. The molecule has 0 aromatic heterocycles. The van der Waals surface area contributed by atoms with Crippen molar-refractivity contribution < 1.29 is 22.0 Å². The first-order valence-corrected chi connectivity index (χ1v) is 4.24. The molecule has 0 fully saturated rings. The molecular formula is C10H8F5. The summed E-state index contributed by atoms with van der Waals surface area (Å²) in [7, 11) is 0. The minimum atomic E-state index is -5.56. The topological polar surface area (TPSA) is 0 Å². The van der Waals surface area contributed by atoms with E-state index in [0.717, 1.165) is 0 Å². The van der Waals surface area contributed by atoms with Gasteiger partial charge in [0.2, 0.25) is 0 Å². The fraction of sp³-hybridized carbons (Fsp3) is 0.400. The number of hydrogen-bond acceptors (Lipinski definition) is 0. The first-order valence-electron chi connectivity index (χ1n) is 4.24. The quantitative estimate of drug-likeness (QED) is 0.670. The lowest BCUT2D eigenvalue weighted by atomic mass is 9.99. The minimum absolute atomic E-state index is 0.0175. The summed E-state index contributed by atoms with van der Waals surface area (Å²) in [4.78, 5) is 0. The standard InChI is InChI=1S/C10H8F5/c1-2-7-5-3-4-6-8(7)9(11,12)10(13,14)15/h3,5-6H,2H2,1H3. The van der Waals surface area contributed by atoms with E-state index < -0.39 is 17.7 Å². The maximum atomic E-state index is 13.0. The van der Waals surface area contributed by atoms with Crippen molar-refractivity contribution in [2.45, 2.75) is 25.4 Å². The third-order valence-electron chi connectivity index (χ3n) is 2.03. The summed E-state index contributed by atoms with van der Waals surface area (Å²) >= 11 is 0. The molecule has 0 N–H and O–H groups in total. The van der Waals surface area contributed by atoms with Gasteiger partial charge in [0.25, 0.3) is 0 Å². The monoisotopic (exact) mass is 223 g/mol. The molecule has 0 bridgehead atoms. The van der Waals surface area contributed by atoms with Gasteiger partial charge in [-0.3, -0.25) is 0 Å². The third kappa shape index (κ3) is 2.11. The zero-order chi connectivity index (χ0) is 11.7. The maximum absolute atomic E-state index is 13.0. The number of rotatable bonds is 2. The summed E-state index contributed by atoms with van der Waals surface area (Å²) < 4.78 is 62.1. The van der Waals surface area contributed by atoms with Crippen LogP contribution in [-0.2, 0) is 12.3 Å². The van der Waals surface area contributed by atoms with Crippen LogP contribution in [0.15, 0.2) is 18.2 Å². The molecule has 0 aliphatic heterocycles. The second-order valence-electron chi connectivity index (χ2n) is 3.01. The van der Waals surface area contributed by atoms with Crippen LogP contribution in [0, 0.1) is 6.07 Å². The average molecular weight is 223 g/mol. The molecule has 0 spiro atoms. The Morgan fingerprint density at radius 3 is 2.27 bits per heavy atom. The highest BCUT2D eigenvalue weighted by atomic mass is 19.4. The van der Waals surface area contributed by atoms with Crippen molar-refractivity contribution >= 4 is 0 Å². The molecule has 1 rings (SSSR count). The van der Waals surface area contributed by atoms with Gasteiger partial charge in [-0.25, -0.2) is 0 Å². The van der Waals surface area contributed by atoms with Gasteiger partial charge in [-0.05, 0) is 24.1 Å². The highest BCUT2D eigenvalue weighted by Gasteiger charge is 2.59. The summed E-state index contributed by atoms with van der Waals surface area (Å²) in [5.74, 6) is -4.81. The van der Waals surface area contributed by atoms with Crippen molar-refractivity contribution in [1.29, 1.82) is 0 Å². The van der Waals surface area contributed by atoms with Gasteiger partial charge in [0, 0.05) is 5.56 Å². The van der Waals surface area contributed by atoms with Gasteiger partial charge in [0.05, 0.1) is 0 Å². The highest BCUT2D eigenvalue weighted by molar-refractivity contribution is 5.31. The van der Waals surface area contributed by atoms with Gasteiger partial charge < -0.3 is 0 Å². The second-order valence-corrected chi connectivity index (χ2v) is 3.01. The van der Waals surface area contributed by atoms with E-state index in [4.69, 9.17) is 0 Å².